The molecule has 0 spiro atoms. The first-order chi connectivity index (χ1) is 6.77. The number of halogens is 1. The van der Waals surface area contributed by atoms with Crippen molar-refractivity contribution in [2.24, 2.45) is 0 Å². The molecular formula is C11H14BrNO. The van der Waals surface area contributed by atoms with E-state index in [1.165, 1.54) is 15.6 Å². The third kappa shape index (κ3) is 2.16. The Bertz CT molecular complexity index is 321. The van der Waals surface area contributed by atoms with E-state index in [-0.39, 0.29) is 0 Å². The molecule has 0 aromatic heterocycles. The van der Waals surface area contributed by atoms with Gasteiger partial charge in [-0.3, -0.25) is 0 Å². The summed E-state index contributed by atoms with van der Waals surface area (Å²) in [5.74, 6) is 0. The summed E-state index contributed by atoms with van der Waals surface area (Å²) in [6.07, 6.45) is 0. The smallest absolute Gasteiger partial charge is 0.0662 e. The van der Waals surface area contributed by atoms with Crippen LogP contribution in [0.3, 0.4) is 0 Å². The lowest BCUT2D eigenvalue weighted by Gasteiger charge is -2.24. The number of aryl methyl sites for hydroxylation is 1. The predicted octanol–water partition coefficient (Wildman–Crippen LogP) is 2.42. The standard InChI is InChI=1S/C11H14BrNO/c1-8-2-3-9(6-10(8)12)11-7-14-5-4-13-11/h2-3,6,11,13H,4-5,7H2,1H3/t11-/m1/s1. The fourth-order valence-corrected chi connectivity index (χ4v) is 2.00. The van der Waals surface area contributed by atoms with Crippen LogP contribution in [0.4, 0.5) is 0 Å². The van der Waals surface area contributed by atoms with Crippen molar-refractivity contribution in [3.8, 4) is 0 Å². The summed E-state index contributed by atoms with van der Waals surface area (Å²) in [4.78, 5) is 0. The molecule has 0 radical (unpaired) electrons. The molecule has 0 saturated carbocycles. The van der Waals surface area contributed by atoms with Crippen LogP contribution in [0.2, 0.25) is 0 Å². The Morgan fingerprint density at radius 2 is 2.36 bits per heavy atom. The van der Waals surface area contributed by atoms with Crippen LogP contribution >= 0.6 is 15.9 Å². The summed E-state index contributed by atoms with van der Waals surface area (Å²) >= 11 is 3.54. The van der Waals surface area contributed by atoms with Gasteiger partial charge in [-0.25, -0.2) is 0 Å². The van der Waals surface area contributed by atoms with Gasteiger partial charge in [-0.15, -0.1) is 0 Å². The van der Waals surface area contributed by atoms with Crippen LogP contribution in [0.1, 0.15) is 17.2 Å². The molecular weight excluding hydrogens is 242 g/mol. The zero-order valence-corrected chi connectivity index (χ0v) is 9.80. The zero-order valence-electron chi connectivity index (χ0n) is 8.22. The number of nitrogens with one attached hydrogen (secondary N) is 1. The second kappa shape index (κ2) is 4.43. The van der Waals surface area contributed by atoms with Gasteiger partial charge in [-0.2, -0.15) is 0 Å². The summed E-state index contributed by atoms with van der Waals surface area (Å²) in [6, 6.07) is 6.81. The molecule has 0 bridgehead atoms. The van der Waals surface area contributed by atoms with E-state index in [1.807, 2.05) is 0 Å². The minimum atomic E-state index is 0.348. The molecule has 1 aromatic carbocycles. The molecule has 0 aliphatic carbocycles. The van der Waals surface area contributed by atoms with Crippen LogP contribution in [-0.2, 0) is 4.74 Å². The van der Waals surface area contributed by atoms with E-state index in [0.29, 0.717) is 6.04 Å². The number of hydrogen-bond acceptors (Lipinski definition) is 2. The van der Waals surface area contributed by atoms with Crippen molar-refractivity contribution >= 4 is 15.9 Å². The van der Waals surface area contributed by atoms with Crippen molar-refractivity contribution < 1.29 is 4.74 Å². The average molecular weight is 256 g/mol. The van der Waals surface area contributed by atoms with E-state index in [2.05, 4.69) is 46.4 Å². The quantitative estimate of drug-likeness (QED) is 0.833. The van der Waals surface area contributed by atoms with Gasteiger partial charge in [0.1, 0.15) is 0 Å². The zero-order chi connectivity index (χ0) is 9.97. The SMILES string of the molecule is Cc1ccc([C@H]2COCCN2)cc1Br. The van der Waals surface area contributed by atoms with E-state index in [1.54, 1.807) is 0 Å². The van der Waals surface area contributed by atoms with Gasteiger partial charge in [0, 0.05) is 11.0 Å². The molecule has 1 aromatic rings. The molecule has 0 unspecified atom stereocenters. The highest BCUT2D eigenvalue weighted by atomic mass is 79.9. The number of morpholine rings is 1. The van der Waals surface area contributed by atoms with Crippen molar-refractivity contribution in [1.82, 2.24) is 5.32 Å². The molecule has 1 heterocycles. The Kier molecular flexibility index (Phi) is 3.21. The molecule has 1 saturated heterocycles. The predicted molar refractivity (Wildman–Crippen MR) is 60.4 cm³/mol. The van der Waals surface area contributed by atoms with E-state index in [0.717, 1.165) is 19.8 Å². The summed E-state index contributed by atoms with van der Waals surface area (Å²) in [5, 5.41) is 3.44. The van der Waals surface area contributed by atoms with Gasteiger partial charge < -0.3 is 10.1 Å². The maximum Gasteiger partial charge on any atom is 0.0662 e. The van der Waals surface area contributed by atoms with Gasteiger partial charge in [0.15, 0.2) is 0 Å². The van der Waals surface area contributed by atoms with E-state index >= 15 is 0 Å². The van der Waals surface area contributed by atoms with E-state index < -0.39 is 0 Å². The fraction of sp³-hybridized carbons (Fsp3) is 0.455. The normalized spacial score (nSPS) is 22.3. The largest absolute Gasteiger partial charge is 0.378 e. The van der Waals surface area contributed by atoms with Crippen LogP contribution in [0.5, 0.6) is 0 Å². The molecule has 1 aliphatic heterocycles. The Morgan fingerprint density at radius 1 is 1.50 bits per heavy atom. The summed E-state index contributed by atoms with van der Waals surface area (Å²) in [5.41, 5.74) is 2.56. The highest BCUT2D eigenvalue weighted by Gasteiger charge is 2.15. The summed E-state index contributed by atoms with van der Waals surface area (Å²) in [6.45, 7) is 4.63. The summed E-state index contributed by atoms with van der Waals surface area (Å²) in [7, 11) is 0. The molecule has 1 atom stereocenters. The van der Waals surface area contributed by atoms with Crippen molar-refractivity contribution in [3.63, 3.8) is 0 Å². The Balaban J connectivity index is 2.18. The Labute approximate surface area is 92.8 Å². The van der Waals surface area contributed by atoms with Crippen molar-refractivity contribution in [3.05, 3.63) is 33.8 Å². The monoisotopic (exact) mass is 255 g/mol. The first-order valence-electron chi connectivity index (χ1n) is 4.84. The fourth-order valence-electron chi connectivity index (χ4n) is 1.61. The molecule has 2 nitrogen and oxygen atoms in total. The maximum absolute atomic E-state index is 5.43. The van der Waals surface area contributed by atoms with Gasteiger partial charge >= 0.3 is 0 Å². The van der Waals surface area contributed by atoms with Crippen molar-refractivity contribution in [2.45, 2.75) is 13.0 Å². The average Bonchev–Trinajstić information content (AvgIpc) is 2.23. The van der Waals surface area contributed by atoms with Crippen molar-refractivity contribution in [1.29, 1.82) is 0 Å². The maximum atomic E-state index is 5.43. The Morgan fingerprint density at radius 3 is 3.00 bits per heavy atom. The molecule has 76 valence electrons. The molecule has 1 N–H and O–H groups in total. The van der Waals surface area contributed by atoms with Crippen LogP contribution in [0, 0.1) is 6.92 Å². The van der Waals surface area contributed by atoms with Crippen LogP contribution in [-0.4, -0.2) is 19.8 Å². The molecule has 0 amide bonds. The third-order valence-electron chi connectivity index (χ3n) is 2.52. The van der Waals surface area contributed by atoms with Crippen LogP contribution < -0.4 is 5.32 Å². The van der Waals surface area contributed by atoms with Gasteiger partial charge in [0.25, 0.3) is 0 Å². The topological polar surface area (TPSA) is 21.3 Å². The highest BCUT2D eigenvalue weighted by Crippen LogP contribution is 2.22. The minimum absolute atomic E-state index is 0.348. The molecule has 14 heavy (non-hydrogen) atoms. The minimum Gasteiger partial charge on any atom is -0.378 e. The van der Waals surface area contributed by atoms with Gasteiger partial charge in [-0.1, -0.05) is 28.1 Å². The first kappa shape index (κ1) is 10.1. The molecule has 3 heteroatoms. The van der Waals surface area contributed by atoms with E-state index in [4.69, 9.17) is 4.74 Å². The number of rotatable bonds is 1. The molecule has 1 fully saturated rings. The molecule has 1 aliphatic rings. The Hall–Kier alpha value is -0.380. The first-order valence-corrected chi connectivity index (χ1v) is 5.64. The lowest BCUT2D eigenvalue weighted by Crippen LogP contribution is -2.34. The molecule has 2 rings (SSSR count). The number of ether oxygens (including phenoxy) is 1. The van der Waals surface area contributed by atoms with Crippen LogP contribution in [0.25, 0.3) is 0 Å². The second-order valence-electron chi connectivity index (χ2n) is 3.59. The second-order valence-corrected chi connectivity index (χ2v) is 4.44. The number of benzene rings is 1. The van der Waals surface area contributed by atoms with Crippen molar-refractivity contribution in [2.75, 3.05) is 19.8 Å². The van der Waals surface area contributed by atoms with Crippen LogP contribution in [0.15, 0.2) is 22.7 Å². The van der Waals surface area contributed by atoms with Gasteiger partial charge in [-0.05, 0) is 24.1 Å². The van der Waals surface area contributed by atoms with Gasteiger partial charge in [0.2, 0.25) is 0 Å². The summed E-state index contributed by atoms with van der Waals surface area (Å²) < 4.78 is 6.60. The lowest BCUT2D eigenvalue weighted by atomic mass is 10.1. The highest BCUT2D eigenvalue weighted by molar-refractivity contribution is 9.10. The third-order valence-corrected chi connectivity index (χ3v) is 3.37. The lowest BCUT2D eigenvalue weighted by molar-refractivity contribution is 0.0768. The van der Waals surface area contributed by atoms with E-state index in [9.17, 15) is 0 Å². The van der Waals surface area contributed by atoms with Gasteiger partial charge in [0.05, 0.1) is 19.3 Å². The number of hydrogen-bond donors (Lipinski definition) is 1.